The molecule has 0 heterocycles. The van der Waals surface area contributed by atoms with Crippen LogP contribution in [0.25, 0.3) is 6.08 Å². The first-order valence-corrected chi connectivity index (χ1v) is 10.3. The van der Waals surface area contributed by atoms with E-state index in [0.717, 1.165) is 11.1 Å². The number of nitrogens with one attached hydrogen (secondary N) is 3. The maximum absolute atomic E-state index is 12.7. The summed E-state index contributed by atoms with van der Waals surface area (Å²) < 4.78 is 0. The van der Waals surface area contributed by atoms with Crippen LogP contribution in [0.4, 0.5) is 11.4 Å². The molecule has 3 amide bonds. The number of carbonyl (C=O) groups is 3. The summed E-state index contributed by atoms with van der Waals surface area (Å²) in [5.74, 6) is -2.29. The van der Waals surface area contributed by atoms with Crippen molar-refractivity contribution in [3.05, 3.63) is 102 Å². The molecule has 0 unspecified atom stereocenters. The van der Waals surface area contributed by atoms with Gasteiger partial charge in [0.2, 0.25) is 0 Å². The van der Waals surface area contributed by atoms with E-state index in [-0.39, 0.29) is 11.3 Å². The minimum absolute atomic E-state index is 0.215. The van der Waals surface area contributed by atoms with Crippen molar-refractivity contribution in [1.82, 2.24) is 5.43 Å². The minimum Gasteiger partial charge on any atom is -0.322 e. The molecule has 33 heavy (non-hydrogen) atoms. The van der Waals surface area contributed by atoms with E-state index in [4.69, 9.17) is 0 Å². The predicted molar refractivity (Wildman–Crippen MR) is 131 cm³/mol. The van der Waals surface area contributed by atoms with Gasteiger partial charge >= 0.3 is 11.8 Å². The Balaban J connectivity index is 1.62. The standard InChI is InChI=1S/C26H24N4O3/c1-18-9-8-12-21(17-18)27-24(31)22-13-6-7-14-23(22)28-25(32)26(33)30-29-19(2)15-16-20-10-4-3-5-11-20/h3-17H,1-2H3,(H,27,31)(H,28,32)(H,30,33)/b16-15+,29-19+. The van der Waals surface area contributed by atoms with Gasteiger partial charge in [0, 0.05) is 5.69 Å². The van der Waals surface area contributed by atoms with Gasteiger partial charge in [0.1, 0.15) is 0 Å². The Hall–Kier alpha value is -4.52. The molecule has 3 rings (SSSR count). The molecule has 7 nitrogen and oxygen atoms in total. The molecule has 0 aromatic heterocycles. The Bertz CT molecular complexity index is 1220. The first-order valence-electron chi connectivity index (χ1n) is 10.3. The normalized spacial score (nSPS) is 11.2. The number of benzene rings is 3. The molecular weight excluding hydrogens is 416 g/mol. The number of para-hydroxylation sites is 1. The van der Waals surface area contributed by atoms with E-state index in [1.165, 1.54) is 0 Å². The number of hydrazone groups is 1. The summed E-state index contributed by atoms with van der Waals surface area (Å²) in [6, 6.07) is 23.4. The summed E-state index contributed by atoms with van der Waals surface area (Å²) in [6.45, 7) is 3.62. The first kappa shape index (κ1) is 23.1. The summed E-state index contributed by atoms with van der Waals surface area (Å²) in [7, 11) is 0. The van der Waals surface area contributed by atoms with Crippen molar-refractivity contribution in [3.63, 3.8) is 0 Å². The Labute approximate surface area is 192 Å². The van der Waals surface area contributed by atoms with Crippen LogP contribution in [0.2, 0.25) is 0 Å². The highest BCUT2D eigenvalue weighted by atomic mass is 16.2. The number of allylic oxidation sites excluding steroid dienone is 1. The molecule has 0 aliphatic rings. The fraction of sp³-hybridized carbons (Fsp3) is 0.0769. The topological polar surface area (TPSA) is 99.7 Å². The number of aryl methyl sites for hydroxylation is 1. The molecule has 0 atom stereocenters. The van der Waals surface area contributed by atoms with Crippen LogP contribution >= 0.6 is 0 Å². The summed E-state index contributed by atoms with van der Waals surface area (Å²) >= 11 is 0. The number of carbonyl (C=O) groups excluding carboxylic acids is 3. The van der Waals surface area contributed by atoms with Crippen LogP contribution in [0.3, 0.4) is 0 Å². The van der Waals surface area contributed by atoms with Gasteiger partial charge in [-0.2, -0.15) is 5.10 Å². The van der Waals surface area contributed by atoms with Crippen molar-refractivity contribution >= 4 is 40.9 Å². The zero-order valence-corrected chi connectivity index (χ0v) is 18.3. The molecule has 0 spiro atoms. The predicted octanol–water partition coefficient (Wildman–Crippen LogP) is 4.39. The number of anilines is 2. The maximum Gasteiger partial charge on any atom is 0.329 e. The summed E-state index contributed by atoms with van der Waals surface area (Å²) in [5, 5.41) is 9.17. The van der Waals surface area contributed by atoms with Gasteiger partial charge in [0.15, 0.2) is 0 Å². The monoisotopic (exact) mass is 440 g/mol. The summed E-state index contributed by atoms with van der Waals surface area (Å²) in [5.41, 5.74) is 5.79. The third-order valence-electron chi connectivity index (χ3n) is 4.55. The quantitative estimate of drug-likeness (QED) is 0.301. The molecule has 0 bridgehead atoms. The van der Waals surface area contributed by atoms with E-state index in [2.05, 4.69) is 21.2 Å². The zero-order valence-electron chi connectivity index (χ0n) is 18.3. The molecule has 7 heteroatoms. The second-order valence-corrected chi connectivity index (χ2v) is 7.26. The van der Waals surface area contributed by atoms with Crippen molar-refractivity contribution in [2.24, 2.45) is 5.10 Å². The van der Waals surface area contributed by atoms with Crippen molar-refractivity contribution in [2.45, 2.75) is 13.8 Å². The van der Waals surface area contributed by atoms with E-state index in [1.807, 2.05) is 61.5 Å². The van der Waals surface area contributed by atoms with Gasteiger partial charge in [0.25, 0.3) is 5.91 Å². The lowest BCUT2D eigenvalue weighted by atomic mass is 10.1. The van der Waals surface area contributed by atoms with Crippen molar-refractivity contribution < 1.29 is 14.4 Å². The third-order valence-corrected chi connectivity index (χ3v) is 4.55. The van der Waals surface area contributed by atoms with Crippen molar-refractivity contribution in [3.8, 4) is 0 Å². The highest BCUT2D eigenvalue weighted by Gasteiger charge is 2.18. The second kappa shape index (κ2) is 11.2. The number of hydrogen-bond acceptors (Lipinski definition) is 4. The molecule has 166 valence electrons. The molecule has 0 aliphatic heterocycles. The van der Waals surface area contributed by atoms with E-state index >= 15 is 0 Å². The second-order valence-electron chi connectivity index (χ2n) is 7.26. The molecule has 3 aromatic rings. The van der Waals surface area contributed by atoms with Gasteiger partial charge in [-0.1, -0.05) is 60.7 Å². The summed E-state index contributed by atoms with van der Waals surface area (Å²) in [6.07, 6.45) is 3.56. The zero-order chi connectivity index (χ0) is 23.6. The van der Waals surface area contributed by atoms with E-state index in [0.29, 0.717) is 11.4 Å². The average molecular weight is 441 g/mol. The van der Waals surface area contributed by atoms with Crippen LogP contribution in [-0.2, 0) is 9.59 Å². The smallest absolute Gasteiger partial charge is 0.322 e. The Kier molecular flexibility index (Phi) is 7.86. The van der Waals surface area contributed by atoms with E-state index in [1.54, 1.807) is 43.3 Å². The fourth-order valence-corrected chi connectivity index (χ4v) is 2.90. The van der Waals surface area contributed by atoms with Gasteiger partial charge in [-0.3, -0.25) is 14.4 Å². The SMILES string of the molecule is CC(/C=C/c1ccccc1)=N\NC(=O)C(=O)Nc1ccccc1C(=O)Nc1cccc(C)c1. The highest BCUT2D eigenvalue weighted by molar-refractivity contribution is 6.40. The summed E-state index contributed by atoms with van der Waals surface area (Å²) in [4.78, 5) is 37.2. The van der Waals surface area contributed by atoms with Crippen LogP contribution in [0.15, 0.2) is 90.0 Å². The minimum atomic E-state index is -0.948. The molecule has 0 saturated heterocycles. The van der Waals surface area contributed by atoms with E-state index in [9.17, 15) is 14.4 Å². The fourth-order valence-electron chi connectivity index (χ4n) is 2.90. The van der Waals surface area contributed by atoms with Crippen LogP contribution in [-0.4, -0.2) is 23.4 Å². The Morgan fingerprint density at radius 3 is 2.30 bits per heavy atom. The molecule has 0 radical (unpaired) electrons. The number of rotatable bonds is 6. The maximum atomic E-state index is 12.7. The molecule has 0 fully saturated rings. The van der Waals surface area contributed by atoms with Gasteiger partial charge in [-0.05, 0) is 55.3 Å². The average Bonchev–Trinajstić information content (AvgIpc) is 2.82. The van der Waals surface area contributed by atoms with Crippen molar-refractivity contribution in [1.29, 1.82) is 0 Å². The van der Waals surface area contributed by atoms with E-state index < -0.39 is 17.7 Å². The van der Waals surface area contributed by atoms with Crippen LogP contribution in [0, 0.1) is 6.92 Å². The van der Waals surface area contributed by atoms with Gasteiger partial charge in [0.05, 0.1) is 17.0 Å². The number of nitrogens with zero attached hydrogens (tertiary/aromatic N) is 1. The Morgan fingerprint density at radius 2 is 1.55 bits per heavy atom. The molecule has 3 N–H and O–H groups in total. The van der Waals surface area contributed by atoms with Gasteiger partial charge in [-0.15, -0.1) is 0 Å². The highest BCUT2D eigenvalue weighted by Crippen LogP contribution is 2.18. The van der Waals surface area contributed by atoms with Gasteiger partial charge < -0.3 is 10.6 Å². The van der Waals surface area contributed by atoms with Gasteiger partial charge in [-0.25, -0.2) is 5.43 Å². The van der Waals surface area contributed by atoms with Crippen molar-refractivity contribution in [2.75, 3.05) is 10.6 Å². The van der Waals surface area contributed by atoms with Crippen LogP contribution in [0.1, 0.15) is 28.4 Å². The third kappa shape index (κ3) is 7.00. The number of amides is 3. The number of hydrogen-bond donors (Lipinski definition) is 3. The Morgan fingerprint density at radius 1 is 0.818 bits per heavy atom. The molecular formula is C26H24N4O3. The van der Waals surface area contributed by atoms with Crippen LogP contribution < -0.4 is 16.1 Å². The molecule has 0 saturated carbocycles. The lowest BCUT2D eigenvalue weighted by Gasteiger charge is -2.11. The first-order chi connectivity index (χ1) is 15.9. The lowest BCUT2D eigenvalue weighted by Crippen LogP contribution is -2.33. The largest absolute Gasteiger partial charge is 0.329 e. The lowest BCUT2D eigenvalue weighted by molar-refractivity contribution is -0.136. The van der Waals surface area contributed by atoms with Crippen LogP contribution in [0.5, 0.6) is 0 Å². The molecule has 0 aliphatic carbocycles. The molecule has 3 aromatic carbocycles.